The van der Waals surface area contributed by atoms with Gasteiger partial charge in [-0.05, 0) is 25.2 Å². The Morgan fingerprint density at radius 1 is 1.31 bits per heavy atom. The minimum atomic E-state index is 0.680. The van der Waals surface area contributed by atoms with Crippen LogP contribution in [-0.2, 0) is 0 Å². The van der Waals surface area contributed by atoms with Crippen molar-refractivity contribution in [2.24, 2.45) is 0 Å². The van der Waals surface area contributed by atoms with Crippen molar-refractivity contribution >= 4 is 23.0 Å². The van der Waals surface area contributed by atoms with Gasteiger partial charge < -0.3 is 16.0 Å². The van der Waals surface area contributed by atoms with E-state index >= 15 is 0 Å². The molecule has 4 heteroatoms. The summed E-state index contributed by atoms with van der Waals surface area (Å²) in [5.74, 6) is 0. The van der Waals surface area contributed by atoms with Crippen LogP contribution >= 0.6 is 11.6 Å². The second-order valence-electron chi connectivity index (χ2n) is 3.66. The van der Waals surface area contributed by atoms with Crippen molar-refractivity contribution in [3.05, 3.63) is 23.2 Å². The van der Waals surface area contributed by atoms with Gasteiger partial charge in [0.1, 0.15) is 0 Å². The lowest BCUT2D eigenvalue weighted by atomic mass is 10.2. The number of nitrogens with zero attached hydrogens (tertiary/aromatic N) is 1. The SMILES string of the molecule is CCN(CC)CCNc1c(N)cccc1Cl. The molecule has 1 aromatic carbocycles. The van der Waals surface area contributed by atoms with Crippen molar-refractivity contribution in [3.8, 4) is 0 Å². The zero-order valence-electron chi connectivity index (χ0n) is 9.96. The zero-order valence-corrected chi connectivity index (χ0v) is 10.7. The van der Waals surface area contributed by atoms with Crippen LogP contribution in [0.3, 0.4) is 0 Å². The van der Waals surface area contributed by atoms with Crippen molar-refractivity contribution in [2.75, 3.05) is 37.2 Å². The highest BCUT2D eigenvalue weighted by Gasteiger charge is 2.04. The lowest BCUT2D eigenvalue weighted by Crippen LogP contribution is -2.28. The maximum atomic E-state index is 6.06. The quantitative estimate of drug-likeness (QED) is 0.753. The van der Waals surface area contributed by atoms with E-state index in [1.165, 1.54) is 0 Å². The second kappa shape index (κ2) is 6.61. The van der Waals surface area contributed by atoms with Crippen LogP contribution in [0.5, 0.6) is 0 Å². The molecule has 0 aliphatic heterocycles. The molecule has 1 aromatic rings. The van der Waals surface area contributed by atoms with Gasteiger partial charge in [0.05, 0.1) is 16.4 Å². The van der Waals surface area contributed by atoms with E-state index in [9.17, 15) is 0 Å². The van der Waals surface area contributed by atoms with Gasteiger partial charge in [-0.15, -0.1) is 0 Å². The molecule has 0 radical (unpaired) electrons. The first-order chi connectivity index (χ1) is 7.69. The third kappa shape index (κ3) is 3.58. The Morgan fingerprint density at radius 3 is 2.56 bits per heavy atom. The van der Waals surface area contributed by atoms with Crippen molar-refractivity contribution in [1.29, 1.82) is 0 Å². The Morgan fingerprint density at radius 2 is 2.00 bits per heavy atom. The summed E-state index contributed by atoms with van der Waals surface area (Å²) in [5, 5.41) is 3.96. The number of nitrogens with one attached hydrogen (secondary N) is 1. The molecule has 16 heavy (non-hydrogen) atoms. The Bertz CT molecular complexity index is 304. The van der Waals surface area contributed by atoms with Crippen molar-refractivity contribution in [1.82, 2.24) is 4.90 Å². The number of rotatable bonds is 6. The molecule has 3 nitrogen and oxygen atoms in total. The van der Waals surface area contributed by atoms with E-state index in [1.807, 2.05) is 18.2 Å². The van der Waals surface area contributed by atoms with Gasteiger partial charge >= 0.3 is 0 Å². The largest absolute Gasteiger partial charge is 0.397 e. The lowest BCUT2D eigenvalue weighted by Gasteiger charge is -2.19. The number of nitrogens with two attached hydrogens (primary N) is 1. The predicted molar refractivity (Wildman–Crippen MR) is 72.1 cm³/mol. The normalized spacial score (nSPS) is 10.8. The fourth-order valence-electron chi connectivity index (χ4n) is 1.61. The molecule has 0 atom stereocenters. The molecule has 0 unspecified atom stereocenters. The maximum absolute atomic E-state index is 6.06. The van der Waals surface area contributed by atoms with Crippen LogP contribution in [0.4, 0.5) is 11.4 Å². The summed E-state index contributed by atoms with van der Waals surface area (Å²) in [7, 11) is 0. The molecule has 90 valence electrons. The standard InChI is InChI=1S/C12H20ClN3/c1-3-16(4-2)9-8-15-12-10(13)6-5-7-11(12)14/h5-7,15H,3-4,8-9,14H2,1-2H3. The fraction of sp³-hybridized carbons (Fsp3) is 0.500. The highest BCUT2D eigenvalue weighted by atomic mass is 35.5. The summed E-state index contributed by atoms with van der Waals surface area (Å²) < 4.78 is 0. The topological polar surface area (TPSA) is 41.3 Å². The van der Waals surface area contributed by atoms with Crippen LogP contribution in [-0.4, -0.2) is 31.1 Å². The molecule has 0 bridgehead atoms. The third-order valence-electron chi connectivity index (χ3n) is 2.67. The monoisotopic (exact) mass is 241 g/mol. The maximum Gasteiger partial charge on any atom is 0.0763 e. The first kappa shape index (κ1) is 13.1. The number of para-hydroxylation sites is 1. The minimum absolute atomic E-state index is 0.680. The van der Waals surface area contributed by atoms with Crippen LogP contribution in [0.25, 0.3) is 0 Å². The molecular formula is C12H20ClN3. The third-order valence-corrected chi connectivity index (χ3v) is 2.99. The first-order valence-corrected chi connectivity index (χ1v) is 6.07. The van der Waals surface area contributed by atoms with Gasteiger partial charge in [0, 0.05) is 13.1 Å². The highest BCUT2D eigenvalue weighted by Crippen LogP contribution is 2.27. The van der Waals surface area contributed by atoms with Gasteiger partial charge in [-0.3, -0.25) is 0 Å². The molecule has 3 N–H and O–H groups in total. The van der Waals surface area contributed by atoms with E-state index in [4.69, 9.17) is 17.3 Å². The molecule has 0 aliphatic carbocycles. The summed E-state index contributed by atoms with van der Waals surface area (Å²) >= 11 is 6.06. The molecule has 0 aromatic heterocycles. The van der Waals surface area contributed by atoms with Crippen molar-refractivity contribution in [3.63, 3.8) is 0 Å². The number of likely N-dealkylation sites (N-methyl/N-ethyl adjacent to an activating group) is 1. The average Bonchev–Trinajstić information content (AvgIpc) is 2.28. The number of benzene rings is 1. The van der Waals surface area contributed by atoms with Gasteiger partial charge in [0.15, 0.2) is 0 Å². The molecular weight excluding hydrogens is 222 g/mol. The summed E-state index contributed by atoms with van der Waals surface area (Å²) in [5.41, 5.74) is 7.39. The molecule has 1 rings (SSSR count). The van der Waals surface area contributed by atoms with Crippen molar-refractivity contribution in [2.45, 2.75) is 13.8 Å². The molecule has 0 saturated carbocycles. The van der Waals surface area contributed by atoms with E-state index in [0.29, 0.717) is 10.7 Å². The smallest absolute Gasteiger partial charge is 0.0763 e. The van der Waals surface area contributed by atoms with E-state index in [1.54, 1.807) is 0 Å². The van der Waals surface area contributed by atoms with Gasteiger partial charge in [0.25, 0.3) is 0 Å². The molecule has 0 amide bonds. The van der Waals surface area contributed by atoms with Gasteiger partial charge in [0.2, 0.25) is 0 Å². The Hall–Kier alpha value is -0.930. The molecule has 0 spiro atoms. The van der Waals surface area contributed by atoms with E-state index in [0.717, 1.165) is 31.9 Å². The van der Waals surface area contributed by atoms with E-state index < -0.39 is 0 Å². The van der Waals surface area contributed by atoms with Crippen LogP contribution in [0.1, 0.15) is 13.8 Å². The Labute approximate surface area is 103 Å². The molecule has 0 saturated heterocycles. The van der Waals surface area contributed by atoms with Crippen LogP contribution in [0.2, 0.25) is 5.02 Å². The molecule has 0 fully saturated rings. The predicted octanol–water partition coefficient (Wildman–Crippen LogP) is 2.68. The summed E-state index contributed by atoms with van der Waals surface area (Å²) in [6.45, 7) is 8.31. The van der Waals surface area contributed by atoms with Crippen LogP contribution in [0, 0.1) is 0 Å². The second-order valence-corrected chi connectivity index (χ2v) is 4.06. The number of nitrogen functional groups attached to an aromatic ring is 1. The van der Waals surface area contributed by atoms with Crippen molar-refractivity contribution < 1.29 is 0 Å². The number of anilines is 2. The number of hydrogen-bond donors (Lipinski definition) is 2. The first-order valence-electron chi connectivity index (χ1n) is 5.69. The van der Waals surface area contributed by atoms with Gasteiger partial charge in [-0.2, -0.15) is 0 Å². The summed E-state index contributed by atoms with van der Waals surface area (Å²) in [4.78, 5) is 2.35. The summed E-state index contributed by atoms with van der Waals surface area (Å²) in [6.07, 6.45) is 0. The highest BCUT2D eigenvalue weighted by molar-refractivity contribution is 6.33. The van der Waals surface area contributed by atoms with Crippen LogP contribution < -0.4 is 11.1 Å². The molecule has 0 heterocycles. The Kier molecular flexibility index (Phi) is 5.43. The van der Waals surface area contributed by atoms with E-state index in [-0.39, 0.29) is 0 Å². The Balaban J connectivity index is 2.48. The summed E-state index contributed by atoms with van der Waals surface area (Å²) in [6, 6.07) is 5.55. The minimum Gasteiger partial charge on any atom is -0.397 e. The van der Waals surface area contributed by atoms with Gasteiger partial charge in [-0.1, -0.05) is 31.5 Å². The number of hydrogen-bond acceptors (Lipinski definition) is 3. The number of halogens is 1. The average molecular weight is 242 g/mol. The lowest BCUT2D eigenvalue weighted by molar-refractivity contribution is 0.316. The fourth-order valence-corrected chi connectivity index (χ4v) is 1.85. The van der Waals surface area contributed by atoms with Crippen LogP contribution in [0.15, 0.2) is 18.2 Å². The van der Waals surface area contributed by atoms with Gasteiger partial charge in [-0.25, -0.2) is 0 Å². The molecule has 0 aliphatic rings. The van der Waals surface area contributed by atoms with E-state index in [2.05, 4.69) is 24.1 Å². The zero-order chi connectivity index (χ0) is 12.0.